The molecule has 0 aromatic carbocycles. The van der Waals surface area contributed by atoms with E-state index in [1.807, 2.05) is 26.0 Å². The summed E-state index contributed by atoms with van der Waals surface area (Å²) in [7, 11) is 0. The standard InChI is InChI=1S/2C7H12O2/c2*1-2-8-7-5-3-4-6-9-7/h5H,2-4,6H2,1H3;4,6-7H,2-3,5H2,1H3. The van der Waals surface area contributed by atoms with Crippen LogP contribution in [0.2, 0.25) is 0 Å². The molecule has 1 atom stereocenters. The van der Waals surface area contributed by atoms with Crippen LogP contribution in [-0.4, -0.2) is 26.1 Å². The van der Waals surface area contributed by atoms with Crippen LogP contribution in [0.25, 0.3) is 0 Å². The fourth-order valence-corrected chi connectivity index (χ4v) is 1.60. The molecule has 4 nitrogen and oxygen atoms in total. The Morgan fingerprint density at radius 2 is 2.17 bits per heavy atom. The first-order valence-corrected chi connectivity index (χ1v) is 6.74. The zero-order valence-electron chi connectivity index (χ0n) is 11.4. The Balaban J connectivity index is 0.000000180. The predicted molar refractivity (Wildman–Crippen MR) is 69.8 cm³/mol. The lowest BCUT2D eigenvalue weighted by molar-refractivity contribution is -0.111. The van der Waals surface area contributed by atoms with Crippen molar-refractivity contribution in [1.29, 1.82) is 0 Å². The van der Waals surface area contributed by atoms with Crippen LogP contribution in [0, 0.1) is 0 Å². The Hall–Kier alpha value is -1.16. The van der Waals surface area contributed by atoms with Crippen molar-refractivity contribution in [3.8, 4) is 0 Å². The molecule has 18 heavy (non-hydrogen) atoms. The minimum Gasteiger partial charge on any atom is -0.473 e. The van der Waals surface area contributed by atoms with E-state index < -0.39 is 0 Å². The molecule has 0 saturated carbocycles. The molecule has 0 fully saturated rings. The first-order valence-electron chi connectivity index (χ1n) is 6.74. The van der Waals surface area contributed by atoms with Gasteiger partial charge in [-0.25, -0.2) is 0 Å². The molecule has 104 valence electrons. The Kier molecular flexibility index (Phi) is 8.13. The second-order valence-electron chi connectivity index (χ2n) is 3.92. The summed E-state index contributed by atoms with van der Waals surface area (Å²) in [5, 5.41) is 0. The summed E-state index contributed by atoms with van der Waals surface area (Å²) < 4.78 is 20.6. The first kappa shape index (κ1) is 14.9. The molecule has 0 amide bonds. The van der Waals surface area contributed by atoms with Crippen LogP contribution >= 0.6 is 0 Å². The Morgan fingerprint density at radius 3 is 2.72 bits per heavy atom. The van der Waals surface area contributed by atoms with Gasteiger partial charge in [-0.1, -0.05) is 0 Å². The van der Waals surface area contributed by atoms with Gasteiger partial charge in [0.25, 0.3) is 5.95 Å². The van der Waals surface area contributed by atoms with Gasteiger partial charge in [0.1, 0.15) is 0 Å². The lowest BCUT2D eigenvalue weighted by atomic mass is 10.3. The Morgan fingerprint density at radius 1 is 1.28 bits per heavy atom. The van der Waals surface area contributed by atoms with Crippen molar-refractivity contribution in [2.45, 2.75) is 45.8 Å². The van der Waals surface area contributed by atoms with Crippen LogP contribution in [0.3, 0.4) is 0 Å². The van der Waals surface area contributed by atoms with Gasteiger partial charge in [0, 0.05) is 13.0 Å². The smallest absolute Gasteiger partial charge is 0.274 e. The molecular formula is C14H24O4. The van der Waals surface area contributed by atoms with Gasteiger partial charge in [-0.2, -0.15) is 0 Å². The van der Waals surface area contributed by atoms with Crippen LogP contribution in [0.1, 0.15) is 39.5 Å². The predicted octanol–water partition coefficient (Wildman–Crippen LogP) is 3.35. The van der Waals surface area contributed by atoms with E-state index in [2.05, 4.69) is 0 Å². The highest BCUT2D eigenvalue weighted by Gasteiger charge is 2.08. The highest BCUT2D eigenvalue weighted by atomic mass is 16.7. The SMILES string of the molecule is CCOC1=CCCCO1.CCOC1CCC=CO1. The third kappa shape index (κ3) is 6.55. The monoisotopic (exact) mass is 256 g/mol. The zero-order chi connectivity index (χ0) is 13.1. The highest BCUT2D eigenvalue weighted by Crippen LogP contribution is 2.10. The van der Waals surface area contributed by atoms with Gasteiger partial charge >= 0.3 is 0 Å². The van der Waals surface area contributed by atoms with Gasteiger partial charge in [0.05, 0.1) is 19.5 Å². The molecular weight excluding hydrogens is 232 g/mol. The van der Waals surface area contributed by atoms with Crippen molar-refractivity contribution >= 4 is 0 Å². The minimum absolute atomic E-state index is 0.0139. The highest BCUT2D eigenvalue weighted by molar-refractivity contribution is 4.86. The summed E-state index contributed by atoms with van der Waals surface area (Å²) in [4.78, 5) is 0. The lowest BCUT2D eigenvalue weighted by Crippen LogP contribution is -2.16. The van der Waals surface area contributed by atoms with E-state index in [4.69, 9.17) is 18.9 Å². The Labute approximate surface area is 110 Å². The van der Waals surface area contributed by atoms with E-state index in [1.165, 1.54) is 0 Å². The van der Waals surface area contributed by atoms with E-state index in [0.29, 0.717) is 12.6 Å². The van der Waals surface area contributed by atoms with Crippen LogP contribution in [0.4, 0.5) is 0 Å². The molecule has 1 unspecified atom stereocenters. The second kappa shape index (κ2) is 9.83. The normalized spacial score (nSPS) is 21.9. The van der Waals surface area contributed by atoms with Crippen LogP contribution < -0.4 is 0 Å². The van der Waals surface area contributed by atoms with Crippen molar-refractivity contribution in [1.82, 2.24) is 0 Å². The molecule has 2 aliphatic rings. The Bertz CT molecular complexity index is 261. The van der Waals surface area contributed by atoms with E-state index in [9.17, 15) is 0 Å². The maximum absolute atomic E-state index is 5.21. The summed E-state index contributed by atoms with van der Waals surface area (Å²) in [6.45, 7) is 6.18. The molecule has 0 aliphatic carbocycles. The molecule has 2 heterocycles. The maximum Gasteiger partial charge on any atom is 0.274 e. The van der Waals surface area contributed by atoms with Crippen LogP contribution in [0.5, 0.6) is 0 Å². The second-order valence-corrected chi connectivity index (χ2v) is 3.92. The zero-order valence-corrected chi connectivity index (χ0v) is 11.4. The van der Waals surface area contributed by atoms with Crippen LogP contribution in [0.15, 0.2) is 24.4 Å². The van der Waals surface area contributed by atoms with E-state index in [1.54, 1.807) is 6.26 Å². The third-order valence-electron chi connectivity index (χ3n) is 2.44. The van der Waals surface area contributed by atoms with Crippen molar-refractivity contribution in [2.24, 2.45) is 0 Å². The average Bonchev–Trinajstić information content (AvgIpc) is 2.43. The van der Waals surface area contributed by atoms with E-state index >= 15 is 0 Å². The quantitative estimate of drug-likeness (QED) is 0.773. The minimum atomic E-state index is 0.0139. The maximum atomic E-state index is 5.21. The number of hydrogen-bond donors (Lipinski definition) is 0. The molecule has 0 spiro atoms. The molecule has 0 bridgehead atoms. The van der Waals surface area contributed by atoms with Gasteiger partial charge in [0.2, 0.25) is 0 Å². The van der Waals surface area contributed by atoms with E-state index in [-0.39, 0.29) is 6.29 Å². The lowest BCUT2D eigenvalue weighted by Gasteiger charge is -2.18. The largest absolute Gasteiger partial charge is 0.473 e. The summed E-state index contributed by atoms with van der Waals surface area (Å²) in [6, 6.07) is 0. The van der Waals surface area contributed by atoms with Crippen molar-refractivity contribution < 1.29 is 18.9 Å². The van der Waals surface area contributed by atoms with Crippen molar-refractivity contribution in [3.63, 3.8) is 0 Å². The van der Waals surface area contributed by atoms with Gasteiger partial charge in [-0.3, -0.25) is 0 Å². The number of allylic oxidation sites excluding steroid dienone is 2. The molecule has 2 aliphatic heterocycles. The summed E-state index contributed by atoms with van der Waals surface area (Å²) >= 11 is 0. The van der Waals surface area contributed by atoms with Gasteiger partial charge < -0.3 is 18.9 Å². The molecule has 2 rings (SSSR count). The van der Waals surface area contributed by atoms with Crippen LogP contribution in [-0.2, 0) is 18.9 Å². The van der Waals surface area contributed by atoms with Gasteiger partial charge in [0.15, 0.2) is 6.29 Å². The van der Waals surface area contributed by atoms with E-state index in [0.717, 1.165) is 38.9 Å². The molecule has 0 saturated heterocycles. The third-order valence-corrected chi connectivity index (χ3v) is 2.44. The number of rotatable bonds is 4. The summed E-state index contributed by atoms with van der Waals surface area (Å²) in [6.07, 6.45) is 10.0. The topological polar surface area (TPSA) is 36.9 Å². The fraction of sp³-hybridized carbons (Fsp3) is 0.714. The number of ether oxygens (including phenoxy) is 4. The fourth-order valence-electron chi connectivity index (χ4n) is 1.60. The molecule has 0 N–H and O–H groups in total. The van der Waals surface area contributed by atoms with Crippen molar-refractivity contribution in [3.05, 3.63) is 24.4 Å². The first-order chi connectivity index (χ1) is 8.86. The van der Waals surface area contributed by atoms with Crippen molar-refractivity contribution in [2.75, 3.05) is 19.8 Å². The average molecular weight is 256 g/mol. The summed E-state index contributed by atoms with van der Waals surface area (Å²) in [5.41, 5.74) is 0. The molecule has 4 heteroatoms. The molecule has 0 radical (unpaired) electrons. The number of hydrogen-bond acceptors (Lipinski definition) is 4. The van der Waals surface area contributed by atoms with Gasteiger partial charge in [-0.05, 0) is 45.3 Å². The van der Waals surface area contributed by atoms with Gasteiger partial charge in [-0.15, -0.1) is 0 Å². The molecule has 0 aromatic rings. The summed E-state index contributed by atoms with van der Waals surface area (Å²) in [5.74, 6) is 0.712. The molecule has 0 aromatic heterocycles.